The molecule has 2 atom stereocenters. The van der Waals surface area contributed by atoms with E-state index in [1.54, 1.807) is 0 Å². The van der Waals surface area contributed by atoms with E-state index in [-0.39, 0.29) is 18.8 Å². The lowest BCUT2D eigenvalue weighted by Gasteiger charge is -2.19. The van der Waals surface area contributed by atoms with Gasteiger partial charge in [0.25, 0.3) is 0 Å². The van der Waals surface area contributed by atoms with Gasteiger partial charge in [0.05, 0.1) is 5.92 Å². The highest BCUT2D eigenvalue weighted by molar-refractivity contribution is 5.73. The van der Waals surface area contributed by atoms with E-state index in [0.29, 0.717) is 0 Å². The number of carboxylic acid groups (broad SMARTS) is 2. The first-order valence-corrected chi connectivity index (χ1v) is 6.04. The third kappa shape index (κ3) is 4.90. The molecular weight excluding hydrogens is 220 g/mol. The van der Waals surface area contributed by atoms with Crippen molar-refractivity contribution < 1.29 is 19.8 Å². The van der Waals surface area contributed by atoms with Gasteiger partial charge in [0.1, 0.15) is 0 Å². The van der Waals surface area contributed by atoms with Crippen LogP contribution in [-0.2, 0) is 9.59 Å². The minimum atomic E-state index is -0.949. The monoisotopic (exact) mass is 238 g/mol. The van der Waals surface area contributed by atoms with E-state index in [4.69, 9.17) is 10.2 Å². The van der Waals surface area contributed by atoms with E-state index in [0.717, 1.165) is 32.1 Å². The molecule has 17 heavy (non-hydrogen) atoms. The normalized spacial score (nSPS) is 21.5. The smallest absolute Gasteiger partial charge is 0.307 e. The Morgan fingerprint density at radius 2 is 2.00 bits per heavy atom. The van der Waals surface area contributed by atoms with Crippen LogP contribution in [0, 0.1) is 23.7 Å². The van der Waals surface area contributed by atoms with Crippen LogP contribution in [0.3, 0.4) is 0 Å². The highest BCUT2D eigenvalue weighted by Crippen LogP contribution is 2.25. The maximum Gasteiger partial charge on any atom is 0.307 e. The second kappa shape index (κ2) is 6.95. The largest absolute Gasteiger partial charge is 0.481 e. The van der Waals surface area contributed by atoms with Crippen LogP contribution >= 0.6 is 0 Å². The third-order valence-electron chi connectivity index (χ3n) is 3.08. The molecule has 0 aliphatic heterocycles. The highest BCUT2D eigenvalue weighted by Gasteiger charge is 2.27. The van der Waals surface area contributed by atoms with Crippen molar-refractivity contribution in [3.63, 3.8) is 0 Å². The first-order valence-electron chi connectivity index (χ1n) is 6.04. The summed E-state index contributed by atoms with van der Waals surface area (Å²) in [7, 11) is 0. The Labute approximate surface area is 101 Å². The topological polar surface area (TPSA) is 74.6 Å². The molecule has 0 saturated heterocycles. The summed E-state index contributed by atoms with van der Waals surface area (Å²) in [4.78, 5) is 21.7. The molecule has 1 aliphatic carbocycles. The summed E-state index contributed by atoms with van der Waals surface area (Å²) in [5.74, 6) is 3.30. The van der Waals surface area contributed by atoms with Crippen LogP contribution in [0.5, 0.6) is 0 Å². The molecule has 4 nitrogen and oxygen atoms in total. The van der Waals surface area contributed by atoms with Crippen molar-refractivity contribution in [1.29, 1.82) is 0 Å². The number of carboxylic acids is 2. The maximum atomic E-state index is 11.1. The van der Waals surface area contributed by atoms with Gasteiger partial charge < -0.3 is 10.2 Å². The number of rotatable bonds is 5. The molecule has 0 aromatic rings. The quantitative estimate of drug-likeness (QED) is 0.719. The minimum Gasteiger partial charge on any atom is -0.481 e. The van der Waals surface area contributed by atoms with Crippen LogP contribution in [0.25, 0.3) is 0 Å². The lowest BCUT2D eigenvalue weighted by molar-refractivity contribution is -0.144. The van der Waals surface area contributed by atoms with E-state index in [1.165, 1.54) is 0 Å². The van der Waals surface area contributed by atoms with Crippen molar-refractivity contribution in [1.82, 2.24) is 0 Å². The standard InChI is InChI=1S/C13H18O4/c14-12(15)9-8-11(13(16)17)10-6-4-2-1-3-5-7-10/h10-11H,1-4,6,8-9H2,(H,14,15)(H,16,17). The highest BCUT2D eigenvalue weighted by atomic mass is 16.4. The molecule has 0 aromatic heterocycles. The summed E-state index contributed by atoms with van der Waals surface area (Å²) < 4.78 is 0. The predicted molar refractivity (Wildman–Crippen MR) is 62.3 cm³/mol. The zero-order chi connectivity index (χ0) is 12.7. The van der Waals surface area contributed by atoms with Gasteiger partial charge in [-0.2, -0.15) is 0 Å². The predicted octanol–water partition coefficient (Wildman–Crippen LogP) is 2.14. The van der Waals surface area contributed by atoms with E-state index in [2.05, 4.69) is 11.8 Å². The second-order valence-corrected chi connectivity index (χ2v) is 4.40. The fourth-order valence-corrected chi connectivity index (χ4v) is 2.11. The summed E-state index contributed by atoms with van der Waals surface area (Å²) in [6, 6.07) is 0. The van der Waals surface area contributed by atoms with Crippen LogP contribution in [0.2, 0.25) is 0 Å². The Hall–Kier alpha value is -1.50. The summed E-state index contributed by atoms with van der Waals surface area (Å²) in [6.45, 7) is 0. The number of hydrogen-bond donors (Lipinski definition) is 2. The average molecular weight is 238 g/mol. The third-order valence-corrected chi connectivity index (χ3v) is 3.08. The zero-order valence-electron chi connectivity index (χ0n) is 9.82. The molecule has 2 unspecified atom stereocenters. The van der Waals surface area contributed by atoms with Gasteiger partial charge in [-0.15, -0.1) is 5.92 Å². The molecule has 0 amide bonds. The molecule has 0 spiro atoms. The first kappa shape index (κ1) is 13.6. The molecule has 2 N–H and O–H groups in total. The summed E-state index contributed by atoms with van der Waals surface area (Å²) in [5, 5.41) is 17.8. The van der Waals surface area contributed by atoms with Crippen LogP contribution in [0.15, 0.2) is 0 Å². The molecule has 0 radical (unpaired) electrons. The molecule has 0 aromatic carbocycles. The van der Waals surface area contributed by atoms with Gasteiger partial charge in [-0.25, -0.2) is 0 Å². The molecule has 94 valence electrons. The molecule has 0 fully saturated rings. The summed E-state index contributed by atoms with van der Waals surface area (Å²) in [5.41, 5.74) is 0. The minimum absolute atomic E-state index is 0.102. The van der Waals surface area contributed by atoms with Gasteiger partial charge in [0.15, 0.2) is 0 Å². The fraction of sp³-hybridized carbons (Fsp3) is 0.692. The lowest BCUT2D eigenvalue weighted by Crippen LogP contribution is -2.24. The van der Waals surface area contributed by atoms with E-state index in [1.807, 2.05) is 0 Å². The van der Waals surface area contributed by atoms with Crippen molar-refractivity contribution in [3.8, 4) is 11.8 Å². The number of hydrogen-bond acceptors (Lipinski definition) is 2. The van der Waals surface area contributed by atoms with Crippen LogP contribution in [0.1, 0.15) is 44.9 Å². The average Bonchev–Trinajstić information content (AvgIpc) is 2.19. The van der Waals surface area contributed by atoms with E-state index >= 15 is 0 Å². The van der Waals surface area contributed by atoms with Crippen molar-refractivity contribution >= 4 is 11.9 Å². The first-order chi connectivity index (χ1) is 8.11. The van der Waals surface area contributed by atoms with Gasteiger partial charge in [-0.3, -0.25) is 9.59 Å². The Balaban J connectivity index is 2.66. The van der Waals surface area contributed by atoms with Crippen molar-refractivity contribution in [2.24, 2.45) is 11.8 Å². The molecule has 1 rings (SSSR count). The SMILES string of the molecule is O=C(O)CCC(C(=O)O)C1C#CCCCCC1. The van der Waals surface area contributed by atoms with Crippen molar-refractivity contribution in [2.45, 2.75) is 44.9 Å². The Morgan fingerprint density at radius 1 is 1.24 bits per heavy atom. The van der Waals surface area contributed by atoms with Gasteiger partial charge in [0, 0.05) is 18.8 Å². The second-order valence-electron chi connectivity index (χ2n) is 4.40. The summed E-state index contributed by atoms with van der Waals surface area (Å²) in [6.07, 6.45) is 4.80. The molecule has 0 saturated carbocycles. The number of carbonyl (C=O) groups is 2. The van der Waals surface area contributed by atoms with Gasteiger partial charge in [-0.05, 0) is 19.3 Å². The maximum absolute atomic E-state index is 11.1. The van der Waals surface area contributed by atoms with E-state index < -0.39 is 17.9 Å². The van der Waals surface area contributed by atoms with Crippen molar-refractivity contribution in [3.05, 3.63) is 0 Å². The van der Waals surface area contributed by atoms with Gasteiger partial charge in [0.2, 0.25) is 0 Å². The Bertz CT molecular complexity index is 337. The zero-order valence-corrected chi connectivity index (χ0v) is 9.82. The molecule has 1 aliphatic rings. The van der Waals surface area contributed by atoms with Gasteiger partial charge in [-0.1, -0.05) is 18.8 Å². The molecule has 4 heteroatoms. The molecular formula is C13H18O4. The Kier molecular flexibility index (Phi) is 5.55. The lowest BCUT2D eigenvalue weighted by atomic mass is 9.84. The van der Waals surface area contributed by atoms with Crippen LogP contribution < -0.4 is 0 Å². The summed E-state index contributed by atoms with van der Waals surface area (Å²) >= 11 is 0. The molecule has 0 heterocycles. The van der Waals surface area contributed by atoms with Crippen molar-refractivity contribution in [2.75, 3.05) is 0 Å². The van der Waals surface area contributed by atoms with Crippen LogP contribution in [-0.4, -0.2) is 22.2 Å². The van der Waals surface area contributed by atoms with E-state index in [9.17, 15) is 9.59 Å². The van der Waals surface area contributed by atoms with Crippen LogP contribution in [0.4, 0.5) is 0 Å². The van der Waals surface area contributed by atoms with Gasteiger partial charge >= 0.3 is 11.9 Å². The Morgan fingerprint density at radius 3 is 2.65 bits per heavy atom. The number of aliphatic carboxylic acids is 2. The fourth-order valence-electron chi connectivity index (χ4n) is 2.11. The molecule has 0 bridgehead atoms.